The molecule has 1 aromatic carbocycles. The van der Waals surface area contributed by atoms with Gasteiger partial charge in [-0.15, -0.1) is 0 Å². The number of esters is 1. The number of urea groups is 1. The summed E-state index contributed by atoms with van der Waals surface area (Å²) < 4.78 is 10.5. The molecule has 2 amide bonds. The molecule has 1 atom stereocenters. The summed E-state index contributed by atoms with van der Waals surface area (Å²) in [5.41, 5.74) is 2.04. The quantitative estimate of drug-likeness (QED) is 0.733. The van der Waals surface area contributed by atoms with Crippen LogP contribution in [0.25, 0.3) is 0 Å². The Kier molecular flexibility index (Phi) is 6.41. The third-order valence-corrected chi connectivity index (χ3v) is 3.93. The maximum atomic E-state index is 12.3. The van der Waals surface area contributed by atoms with Crippen molar-refractivity contribution in [2.24, 2.45) is 0 Å². The lowest BCUT2D eigenvalue weighted by atomic mass is 10.0. The number of ether oxygens (including phenoxy) is 2. The Balaban J connectivity index is 2.19. The maximum Gasteiger partial charge on any atom is 0.337 e. The van der Waals surface area contributed by atoms with E-state index in [1.807, 2.05) is 36.2 Å². The first-order chi connectivity index (χ1) is 12.0. The third kappa shape index (κ3) is 4.73. The smallest absolute Gasteiger partial charge is 0.337 e. The molecular formula is C18H25N3O4. The lowest BCUT2D eigenvalue weighted by Crippen LogP contribution is -2.51. The Morgan fingerprint density at radius 2 is 2.00 bits per heavy atom. The van der Waals surface area contributed by atoms with Gasteiger partial charge in [-0.1, -0.05) is 18.2 Å². The number of amides is 2. The summed E-state index contributed by atoms with van der Waals surface area (Å²) in [4.78, 5) is 26.1. The second-order valence-electron chi connectivity index (χ2n) is 5.92. The molecule has 1 unspecified atom stereocenters. The SMILES string of the molecule is CCOC(=O)C1=C(CN(C)Cc2ccccc2OC)NC(=O)NC1C. The molecule has 0 saturated heterocycles. The van der Waals surface area contributed by atoms with E-state index in [2.05, 4.69) is 10.6 Å². The molecular weight excluding hydrogens is 322 g/mol. The summed E-state index contributed by atoms with van der Waals surface area (Å²) in [5, 5.41) is 5.43. The lowest BCUT2D eigenvalue weighted by molar-refractivity contribution is -0.139. The van der Waals surface area contributed by atoms with Crippen LogP contribution in [0.2, 0.25) is 0 Å². The van der Waals surface area contributed by atoms with Gasteiger partial charge in [0.05, 0.1) is 25.3 Å². The van der Waals surface area contributed by atoms with Crippen molar-refractivity contribution >= 4 is 12.0 Å². The van der Waals surface area contributed by atoms with Crippen LogP contribution in [-0.2, 0) is 16.1 Å². The first kappa shape index (κ1) is 18.8. The van der Waals surface area contributed by atoms with E-state index in [1.165, 1.54) is 0 Å². The topological polar surface area (TPSA) is 79.9 Å². The summed E-state index contributed by atoms with van der Waals surface area (Å²) >= 11 is 0. The van der Waals surface area contributed by atoms with Crippen LogP contribution in [0.5, 0.6) is 5.75 Å². The standard InChI is InChI=1S/C18H25N3O4/c1-5-25-17(22)16-12(2)19-18(23)20-14(16)11-21(3)10-13-8-6-7-9-15(13)24-4/h6-9,12H,5,10-11H2,1-4H3,(H2,19,20,23). The summed E-state index contributed by atoms with van der Waals surface area (Å²) in [6, 6.07) is 7.03. The summed E-state index contributed by atoms with van der Waals surface area (Å²) in [6.07, 6.45) is 0. The Hall–Kier alpha value is -2.54. The molecule has 0 saturated carbocycles. The number of hydrogen-bond acceptors (Lipinski definition) is 5. The predicted molar refractivity (Wildman–Crippen MR) is 94.1 cm³/mol. The van der Waals surface area contributed by atoms with Crippen molar-refractivity contribution in [2.45, 2.75) is 26.4 Å². The zero-order valence-corrected chi connectivity index (χ0v) is 15.1. The van der Waals surface area contributed by atoms with Gasteiger partial charge in [0.15, 0.2) is 0 Å². The third-order valence-electron chi connectivity index (χ3n) is 3.93. The van der Waals surface area contributed by atoms with Gasteiger partial charge in [0.25, 0.3) is 0 Å². The average Bonchev–Trinajstić information content (AvgIpc) is 2.54. The van der Waals surface area contributed by atoms with Gasteiger partial charge in [-0.3, -0.25) is 4.90 Å². The maximum absolute atomic E-state index is 12.3. The highest BCUT2D eigenvalue weighted by atomic mass is 16.5. The number of carbonyl (C=O) groups excluding carboxylic acids is 2. The highest BCUT2D eigenvalue weighted by Crippen LogP contribution is 2.20. The molecule has 0 fully saturated rings. The number of nitrogens with one attached hydrogen (secondary N) is 2. The molecule has 0 aromatic heterocycles. The van der Waals surface area contributed by atoms with E-state index in [9.17, 15) is 9.59 Å². The van der Waals surface area contributed by atoms with Crippen LogP contribution in [0, 0.1) is 0 Å². The Bertz CT molecular complexity index is 672. The number of rotatable bonds is 7. The molecule has 7 heteroatoms. The molecule has 0 radical (unpaired) electrons. The molecule has 136 valence electrons. The van der Waals surface area contributed by atoms with E-state index in [0.717, 1.165) is 11.3 Å². The molecule has 2 rings (SSSR count). The number of likely N-dealkylation sites (N-methyl/N-ethyl adjacent to an activating group) is 1. The first-order valence-corrected chi connectivity index (χ1v) is 8.24. The Morgan fingerprint density at radius 1 is 1.28 bits per heavy atom. The summed E-state index contributed by atoms with van der Waals surface area (Å²) in [5.74, 6) is 0.389. The van der Waals surface area contributed by atoms with E-state index in [4.69, 9.17) is 9.47 Å². The monoisotopic (exact) mass is 347 g/mol. The highest BCUT2D eigenvalue weighted by Gasteiger charge is 2.30. The molecule has 1 heterocycles. The van der Waals surface area contributed by atoms with Crippen LogP contribution >= 0.6 is 0 Å². The highest BCUT2D eigenvalue weighted by molar-refractivity contribution is 5.94. The van der Waals surface area contributed by atoms with Gasteiger partial charge in [-0.2, -0.15) is 0 Å². The molecule has 0 aliphatic carbocycles. The number of hydrogen-bond donors (Lipinski definition) is 2. The number of benzene rings is 1. The number of nitrogens with zero attached hydrogens (tertiary/aromatic N) is 1. The molecule has 0 spiro atoms. The number of carbonyl (C=O) groups is 2. The minimum atomic E-state index is -0.414. The van der Waals surface area contributed by atoms with Crippen molar-refractivity contribution in [3.05, 3.63) is 41.1 Å². The van der Waals surface area contributed by atoms with Crippen molar-refractivity contribution in [3.8, 4) is 5.75 Å². The normalized spacial score (nSPS) is 17.2. The average molecular weight is 347 g/mol. The van der Waals surface area contributed by atoms with Gasteiger partial charge in [-0.05, 0) is 27.0 Å². The minimum Gasteiger partial charge on any atom is -0.496 e. The van der Waals surface area contributed by atoms with Crippen molar-refractivity contribution in [1.82, 2.24) is 15.5 Å². The molecule has 2 N–H and O–H groups in total. The molecule has 0 bridgehead atoms. The zero-order valence-electron chi connectivity index (χ0n) is 15.1. The molecule has 25 heavy (non-hydrogen) atoms. The number of methoxy groups -OCH3 is 1. The summed E-state index contributed by atoms with van der Waals surface area (Å²) in [6.45, 7) is 4.83. The van der Waals surface area contributed by atoms with Gasteiger partial charge in [-0.25, -0.2) is 9.59 Å². The second kappa shape index (κ2) is 8.53. The van der Waals surface area contributed by atoms with Crippen LogP contribution in [0.15, 0.2) is 35.5 Å². The van der Waals surface area contributed by atoms with Gasteiger partial charge in [0.2, 0.25) is 0 Å². The molecule has 1 aliphatic rings. The van der Waals surface area contributed by atoms with Crippen LogP contribution < -0.4 is 15.4 Å². The Labute approximate surface area is 148 Å². The van der Waals surface area contributed by atoms with Gasteiger partial charge < -0.3 is 20.1 Å². The largest absolute Gasteiger partial charge is 0.496 e. The van der Waals surface area contributed by atoms with E-state index in [0.29, 0.717) is 24.4 Å². The lowest BCUT2D eigenvalue weighted by Gasteiger charge is -2.29. The first-order valence-electron chi connectivity index (χ1n) is 8.24. The zero-order chi connectivity index (χ0) is 18.4. The van der Waals surface area contributed by atoms with E-state index >= 15 is 0 Å². The van der Waals surface area contributed by atoms with Gasteiger partial charge >= 0.3 is 12.0 Å². The molecule has 1 aliphatic heterocycles. The van der Waals surface area contributed by atoms with Crippen molar-refractivity contribution in [3.63, 3.8) is 0 Å². The Morgan fingerprint density at radius 3 is 2.68 bits per heavy atom. The van der Waals surface area contributed by atoms with Gasteiger partial charge in [0.1, 0.15) is 5.75 Å². The number of para-hydroxylation sites is 1. The van der Waals surface area contributed by atoms with Crippen molar-refractivity contribution in [1.29, 1.82) is 0 Å². The summed E-state index contributed by atoms with van der Waals surface area (Å²) in [7, 11) is 3.55. The predicted octanol–water partition coefficient (Wildman–Crippen LogP) is 1.65. The second-order valence-corrected chi connectivity index (χ2v) is 5.92. The van der Waals surface area contributed by atoms with Crippen molar-refractivity contribution < 1.29 is 19.1 Å². The fourth-order valence-electron chi connectivity index (χ4n) is 2.85. The minimum absolute atomic E-state index is 0.285. The van der Waals surface area contributed by atoms with E-state index in [-0.39, 0.29) is 12.6 Å². The fraction of sp³-hybridized carbons (Fsp3) is 0.444. The molecule has 1 aromatic rings. The van der Waals surface area contributed by atoms with Crippen LogP contribution in [0.4, 0.5) is 4.79 Å². The molecule has 7 nitrogen and oxygen atoms in total. The van der Waals surface area contributed by atoms with Crippen LogP contribution in [0.3, 0.4) is 0 Å². The van der Waals surface area contributed by atoms with Crippen LogP contribution in [0.1, 0.15) is 19.4 Å². The van der Waals surface area contributed by atoms with Crippen LogP contribution in [-0.4, -0.2) is 50.3 Å². The van der Waals surface area contributed by atoms with E-state index in [1.54, 1.807) is 21.0 Å². The van der Waals surface area contributed by atoms with Crippen molar-refractivity contribution in [2.75, 3.05) is 27.3 Å². The fourth-order valence-corrected chi connectivity index (χ4v) is 2.85. The van der Waals surface area contributed by atoms with Gasteiger partial charge in [0, 0.05) is 24.4 Å². The van der Waals surface area contributed by atoms with E-state index < -0.39 is 12.0 Å².